The minimum absolute atomic E-state index is 0.0694. The molecular formula is C8H14N2O3S. The zero-order valence-corrected chi connectivity index (χ0v) is 9.46. The van der Waals surface area contributed by atoms with Crippen molar-refractivity contribution >= 4 is 10.0 Å². The van der Waals surface area contributed by atoms with Crippen molar-refractivity contribution in [2.24, 2.45) is 7.05 Å². The third-order valence-corrected chi connectivity index (χ3v) is 3.94. The Bertz CT molecular complexity index is 445. The van der Waals surface area contributed by atoms with E-state index in [4.69, 9.17) is 0 Å². The summed E-state index contributed by atoms with van der Waals surface area (Å²) in [6.45, 7) is 1.66. The molecule has 5 nitrogen and oxygen atoms in total. The average Bonchev–Trinajstić information content (AvgIpc) is 2.26. The van der Waals surface area contributed by atoms with Gasteiger partial charge in [0.2, 0.25) is 0 Å². The zero-order valence-electron chi connectivity index (χ0n) is 8.64. The van der Waals surface area contributed by atoms with Crippen LogP contribution >= 0.6 is 0 Å². The summed E-state index contributed by atoms with van der Waals surface area (Å²) in [5.41, 5.74) is 0.549. The molecule has 0 unspecified atom stereocenters. The van der Waals surface area contributed by atoms with Gasteiger partial charge in [-0.3, -0.25) is 0 Å². The van der Waals surface area contributed by atoms with Gasteiger partial charge in [0.25, 0.3) is 10.0 Å². The molecule has 0 radical (unpaired) electrons. The second-order valence-corrected chi connectivity index (χ2v) is 5.43. The van der Waals surface area contributed by atoms with Gasteiger partial charge in [0, 0.05) is 32.9 Å². The van der Waals surface area contributed by atoms with E-state index in [0.29, 0.717) is 5.56 Å². The molecule has 1 aromatic rings. The molecule has 14 heavy (non-hydrogen) atoms. The largest absolute Gasteiger partial charge is 0.505 e. The van der Waals surface area contributed by atoms with E-state index in [2.05, 4.69) is 0 Å². The fourth-order valence-electron chi connectivity index (χ4n) is 1.22. The highest BCUT2D eigenvalue weighted by Gasteiger charge is 2.26. The van der Waals surface area contributed by atoms with Gasteiger partial charge >= 0.3 is 0 Å². The van der Waals surface area contributed by atoms with Crippen LogP contribution in [0, 0.1) is 6.92 Å². The molecule has 1 N–H and O–H groups in total. The number of hydrogen-bond acceptors (Lipinski definition) is 3. The van der Waals surface area contributed by atoms with Crippen LogP contribution in [0.4, 0.5) is 0 Å². The Morgan fingerprint density at radius 3 is 2.21 bits per heavy atom. The van der Waals surface area contributed by atoms with Crippen LogP contribution in [0.1, 0.15) is 5.56 Å². The quantitative estimate of drug-likeness (QED) is 0.776. The van der Waals surface area contributed by atoms with Gasteiger partial charge in [-0.25, -0.2) is 12.7 Å². The number of rotatable bonds is 2. The van der Waals surface area contributed by atoms with Crippen molar-refractivity contribution in [1.29, 1.82) is 0 Å². The molecule has 0 spiro atoms. The molecule has 0 atom stereocenters. The lowest BCUT2D eigenvalue weighted by Crippen LogP contribution is -2.24. The number of nitrogens with zero attached hydrogens (tertiary/aromatic N) is 2. The minimum Gasteiger partial charge on any atom is -0.505 e. The molecule has 0 fully saturated rings. The van der Waals surface area contributed by atoms with Crippen molar-refractivity contribution in [3.63, 3.8) is 0 Å². The second-order valence-electron chi connectivity index (χ2n) is 3.36. The molecule has 0 aliphatic rings. The van der Waals surface area contributed by atoms with E-state index >= 15 is 0 Å². The summed E-state index contributed by atoms with van der Waals surface area (Å²) in [5.74, 6) is -0.179. The Balaban J connectivity index is 3.48. The van der Waals surface area contributed by atoms with Gasteiger partial charge in [-0.15, -0.1) is 0 Å². The molecule has 6 heteroatoms. The molecular weight excluding hydrogens is 204 g/mol. The van der Waals surface area contributed by atoms with Gasteiger partial charge in [0.1, 0.15) is 0 Å². The van der Waals surface area contributed by atoms with Gasteiger partial charge in [-0.2, -0.15) is 0 Å². The van der Waals surface area contributed by atoms with E-state index in [0.717, 1.165) is 4.31 Å². The summed E-state index contributed by atoms with van der Waals surface area (Å²) in [4.78, 5) is 0. The molecule has 0 bridgehead atoms. The SMILES string of the molecule is Cc1cn(C)c(S(=O)(=O)N(C)C)c1O. The normalized spacial score (nSPS) is 12.4. The van der Waals surface area contributed by atoms with E-state index in [-0.39, 0.29) is 10.8 Å². The summed E-state index contributed by atoms with van der Waals surface area (Å²) >= 11 is 0. The van der Waals surface area contributed by atoms with Gasteiger partial charge in [0.05, 0.1) is 0 Å². The minimum atomic E-state index is -3.57. The third-order valence-electron chi connectivity index (χ3n) is 2.01. The molecule has 0 aliphatic heterocycles. The third kappa shape index (κ3) is 1.51. The number of aromatic hydroxyl groups is 1. The monoisotopic (exact) mass is 218 g/mol. The first-order valence-corrected chi connectivity index (χ1v) is 5.50. The number of sulfonamides is 1. The van der Waals surface area contributed by atoms with Crippen molar-refractivity contribution in [2.75, 3.05) is 14.1 Å². The standard InChI is InChI=1S/C8H14N2O3S/c1-6-5-10(4)8(7(6)11)14(12,13)9(2)3/h5,11H,1-4H3. The van der Waals surface area contributed by atoms with Crippen molar-refractivity contribution in [3.8, 4) is 5.75 Å². The average molecular weight is 218 g/mol. The maximum absolute atomic E-state index is 11.7. The van der Waals surface area contributed by atoms with Crippen LogP contribution in [0.15, 0.2) is 11.2 Å². The fraction of sp³-hybridized carbons (Fsp3) is 0.500. The summed E-state index contributed by atoms with van der Waals surface area (Å²) in [5, 5.41) is 9.51. The molecule has 80 valence electrons. The maximum Gasteiger partial charge on any atom is 0.261 e. The fourth-order valence-corrected chi connectivity index (χ4v) is 2.39. The van der Waals surface area contributed by atoms with E-state index in [1.165, 1.54) is 18.7 Å². The summed E-state index contributed by atoms with van der Waals surface area (Å²) < 4.78 is 25.9. The Labute approximate surface area is 83.6 Å². The van der Waals surface area contributed by atoms with Crippen LogP contribution < -0.4 is 0 Å². The second kappa shape index (κ2) is 3.29. The highest BCUT2D eigenvalue weighted by Crippen LogP contribution is 2.28. The van der Waals surface area contributed by atoms with Gasteiger partial charge in [0.15, 0.2) is 10.8 Å². The zero-order chi connectivity index (χ0) is 11.1. The lowest BCUT2D eigenvalue weighted by atomic mass is 10.4. The molecule has 0 saturated heterocycles. The van der Waals surface area contributed by atoms with Crippen LogP contribution in [-0.4, -0.2) is 36.5 Å². The van der Waals surface area contributed by atoms with Gasteiger partial charge < -0.3 is 9.67 Å². The van der Waals surface area contributed by atoms with Crippen LogP contribution in [0.5, 0.6) is 5.75 Å². The Hall–Kier alpha value is -1.01. The van der Waals surface area contributed by atoms with E-state index in [9.17, 15) is 13.5 Å². The molecule has 1 aromatic heterocycles. The summed E-state index contributed by atoms with van der Waals surface area (Å²) in [6.07, 6.45) is 1.58. The number of hydrogen-bond donors (Lipinski definition) is 1. The molecule has 0 amide bonds. The number of aryl methyl sites for hydroxylation is 2. The van der Waals surface area contributed by atoms with Gasteiger partial charge in [-0.1, -0.05) is 0 Å². The van der Waals surface area contributed by atoms with Crippen LogP contribution in [0.25, 0.3) is 0 Å². The van der Waals surface area contributed by atoms with Crippen molar-refractivity contribution in [3.05, 3.63) is 11.8 Å². The lowest BCUT2D eigenvalue weighted by molar-refractivity contribution is 0.441. The van der Waals surface area contributed by atoms with E-state index in [1.807, 2.05) is 0 Å². The molecule has 1 rings (SSSR count). The first-order chi connectivity index (χ1) is 6.28. The lowest BCUT2D eigenvalue weighted by Gasteiger charge is -2.12. The smallest absolute Gasteiger partial charge is 0.261 e. The molecule has 0 saturated carbocycles. The molecule has 0 aliphatic carbocycles. The Morgan fingerprint density at radius 1 is 1.43 bits per heavy atom. The topological polar surface area (TPSA) is 62.5 Å². The summed E-state index contributed by atoms with van der Waals surface area (Å²) in [6, 6.07) is 0. The highest BCUT2D eigenvalue weighted by atomic mass is 32.2. The first kappa shape index (κ1) is 11.1. The predicted octanol–water partition coefficient (Wildman–Crippen LogP) is 0.289. The maximum atomic E-state index is 11.7. The van der Waals surface area contributed by atoms with Crippen molar-refractivity contribution < 1.29 is 13.5 Å². The summed E-state index contributed by atoms with van der Waals surface area (Å²) in [7, 11) is 0.871. The Morgan fingerprint density at radius 2 is 1.93 bits per heavy atom. The number of aromatic nitrogens is 1. The van der Waals surface area contributed by atoms with E-state index in [1.54, 1.807) is 20.2 Å². The van der Waals surface area contributed by atoms with Crippen molar-refractivity contribution in [1.82, 2.24) is 8.87 Å². The van der Waals surface area contributed by atoms with Crippen LogP contribution in [0.3, 0.4) is 0 Å². The molecule has 0 aromatic carbocycles. The van der Waals surface area contributed by atoms with Crippen LogP contribution in [-0.2, 0) is 17.1 Å². The van der Waals surface area contributed by atoms with Gasteiger partial charge in [-0.05, 0) is 6.92 Å². The van der Waals surface area contributed by atoms with Crippen LogP contribution in [0.2, 0.25) is 0 Å². The van der Waals surface area contributed by atoms with E-state index < -0.39 is 10.0 Å². The van der Waals surface area contributed by atoms with Crippen molar-refractivity contribution in [2.45, 2.75) is 11.9 Å². The molecule has 1 heterocycles. The highest BCUT2D eigenvalue weighted by molar-refractivity contribution is 7.89. The first-order valence-electron chi connectivity index (χ1n) is 4.06. The Kier molecular flexibility index (Phi) is 2.60. The predicted molar refractivity (Wildman–Crippen MR) is 52.7 cm³/mol.